The Kier molecular flexibility index (Phi) is 25.9. The molecule has 0 aliphatic heterocycles. The van der Waals surface area contributed by atoms with Gasteiger partial charge in [-0.25, -0.2) is 0 Å². The van der Waals surface area contributed by atoms with E-state index in [1.165, 1.54) is 25.7 Å². The van der Waals surface area contributed by atoms with Gasteiger partial charge in [-0.15, -0.1) is 0 Å². The second-order valence-electron chi connectivity index (χ2n) is 9.09. The normalized spacial score (nSPS) is 13.9. The molecule has 0 rings (SSSR count). The number of hydrogen-bond donors (Lipinski definition) is 0. The molecule has 9 heteroatoms. The van der Waals surface area contributed by atoms with Crippen molar-refractivity contribution >= 4 is 18.6 Å². The molecule has 0 aromatic heterocycles. The van der Waals surface area contributed by atoms with Gasteiger partial charge >= 0.3 is 18.6 Å². The molecule has 0 aromatic rings. The standard InChI is InChI=1S/C26H59NO6Si2/c1-8-27(23-25(6)28-19-15-13-17-21-34(30-9-2)31-10-3)24-26(7)29-20-16-14-18-22-35(32-11-4)33-12-5/h25-26,34-35H,8-24H2,1-7H3. The summed E-state index contributed by atoms with van der Waals surface area (Å²) in [5.74, 6) is 0. The van der Waals surface area contributed by atoms with Crippen LogP contribution >= 0.6 is 0 Å². The number of ether oxygens (including phenoxy) is 2. The molecule has 0 aliphatic carbocycles. The highest BCUT2D eigenvalue weighted by atomic mass is 28.3. The van der Waals surface area contributed by atoms with Crippen molar-refractivity contribution in [2.45, 2.75) is 111 Å². The van der Waals surface area contributed by atoms with E-state index in [1.54, 1.807) is 0 Å². The maximum absolute atomic E-state index is 6.09. The summed E-state index contributed by atoms with van der Waals surface area (Å²) in [4.78, 5) is 2.44. The molecule has 2 unspecified atom stereocenters. The Labute approximate surface area is 221 Å². The summed E-state index contributed by atoms with van der Waals surface area (Å²) < 4.78 is 35.1. The van der Waals surface area contributed by atoms with Crippen molar-refractivity contribution in [3.8, 4) is 0 Å². The second kappa shape index (κ2) is 25.8. The van der Waals surface area contributed by atoms with Gasteiger partial charge in [0.1, 0.15) is 0 Å². The summed E-state index contributed by atoms with van der Waals surface area (Å²) in [5, 5.41) is 0. The third-order valence-corrected chi connectivity index (χ3v) is 10.4. The van der Waals surface area contributed by atoms with Crippen LogP contribution in [0.5, 0.6) is 0 Å². The minimum atomic E-state index is -1.44. The summed E-state index contributed by atoms with van der Waals surface area (Å²) in [6.07, 6.45) is 7.39. The zero-order valence-corrected chi connectivity index (χ0v) is 26.5. The smallest absolute Gasteiger partial charge is 0.321 e. The molecule has 0 bridgehead atoms. The van der Waals surface area contributed by atoms with Crippen LogP contribution in [0.2, 0.25) is 12.1 Å². The van der Waals surface area contributed by atoms with Gasteiger partial charge in [-0.1, -0.05) is 32.6 Å². The molecule has 0 heterocycles. The first-order valence-electron chi connectivity index (χ1n) is 14.4. The first kappa shape index (κ1) is 35.2. The van der Waals surface area contributed by atoms with E-state index in [0.717, 1.165) is 84.2 Å². The molecular weight excluding hydrogens is 478 g/mol. The summed E-state index contributed by atoms with van der Waals surface area (Å²) in [6.45, 7) is 22.4. The number of nitrogens with zero attached hydrogens (tertiary/aromatic N) is 1. The molecule has 212 valence electrons. The SMILES string of the molecule is CCO[SiH](CCCCCOC(C)CN(CC)CC(C)OCCCCC[SiH](OCC)OCC)OCC. The highest BCUT2D eigenvalue weighted by Gasteiger charge is 2.15. The molecule has 0 radical (unpaired) electrons. The van der Waals surface area contributed by atoms with Gasteiger partial charge in [0.05, 0.1) is 12.2 Å². The molecule has 0 spiro atoms. The fourth-order valence-corrected chi connectivity index (χ4v) is 7.68. The molecule has 0 saturated heterocycles. The van der Waals surface area contributed by atoms with Gasteiger partial charge in [-0.05, 0) is 73.0 Å². The van der Waals surface area contributed by atoms with Crippen molar-refractivity contribution in [1.82, 2.24) is 4.90 Å². The fourth-order valence-electron chi connectivity index (χ4n) is 4.09. The average molecular weight is 538 g/mol. The molecule has 7 nitrogen and oxygen atoms in total. The topological polar surface area (TPSA) is 58.6 Å². The minimum Gasteiger partial charge on any atom is -0.397 e. The van der Waals surface area contributed by atoms with Crippen molar-refractivity contribution in [3.63, 3.8) is 0 Å². The zero-order chi connectivity index (χ0) is 26.2. The van der Waals surface area contributed by atoms with Crippen LogP contribution in [0.4, 0.5) is 0 Å². The Bertz CT molecular complexity index is 391. The van der Waals surface area contributed by atoms with Crippen molar-refractivity contribution < 1.29 is 27.2 Å². The molecule has 0 fully saturated rings. The van der Waals surface area contributed by atoms with Crippen LogP contribution in [-0.2, 0) is 27.2 Å². The fraction of sp³-hybridized carbons (Fsp3) is 1.00. The lowest BCUT2D eigenvalue weighted by molar-refractivity contribution is 0.00582. The molecular formula is C26H59NO6Si2. The van der Waals surface area contributed by atoms with Crippen molar-refractivity contribution in [1.29, 1.82) is 0 Å². The highest BCUT2D eigenvalue weighted by Crippen LogP contribution is 2.10. The van der Waals surface area contributed by atoms with Crippen LogP contribution in [0, 0.1) is 0 Å². The number of unbranched alkanes of at least 4 members (excludes halogenated alkanes) is 4. The molecule has 35 heavy (non-hydrogen) atoms. The molecule has 0 aromatic carbocycles. The quantitative estimate of drug-likeness (QED) is 0.107. The summed E-state index contributed by atoms with van der Waals surface area (Å²) in [5.41, 5.74) is 0. The lowest BCUT2D eigenvalue weighted by Gasteiger charge is -2.27. The Balaban J connectivity index is 3.86. The van der Waals surface area contributed by atoms with Gasteiger partial charge in [-0.3, -0.25) is 4.90 Å². The Morgan fingerprint density at radius 3 is 1.23 bits per heavy atom. The number of hydrogen-bond acceptors (Lipinski definition) is 7. The first-order valence-corrected chi connectivity index (χ1v) is 17.9. The van der Waals surface area contributed by atoms with Crippen LogP contribution in [-0.4, -0.2) is 95.0 Å². The van der Waals surface area contributed by atoms with E-state index < -0.39 is 18.6 Å². The second-order valence-corrected chi connectivity index (χ2v) is 13.3. The molecule has 0 N–H and O–H groups in total. The summed E-state index contributed by atoms with van der Waals surface area (Å²) in [6, 6.07) is 2.20. The van der Waals surface area contributed by atoms with Crippen LogP contribution in [0.3, 0.4) is 0 Å². The van der Waals surface area contributed by atoms with E-state index in [0.29, 0.717) is 0 Å². The summed E-state index contributed by atoms with van der Waals surface area (Å²) in [7, 11) is -2.87. The van der Waals surface area contributed by atoms with Gasteiger partial charge in [0.25, 0.3) is 0 Å². The van der Waals surface area contributed by atoms with Crippen molar-refractivity contribution in [2.75, 3.05) is 59.3 Å². The molecule has 0 amide bonds. The van der Waals surface area contributed by atoms with Gasteiger partial charge in [0.2, 0.25) is 0 Å². The monoisotopic (exact) mass is 537 g/mol. The Morgan fingerprint density at radius 1 is 0.543 bits per heavy atom. The largest absolute Gasteiger partial charge is 0.397 e. The number of likely N-dealkylation sites (N-methyl/N-ethyl adjacent to an activating group) is 1. The molecule has 0 aliphatic rings. The van der Waals surface area contributed by atoms with Gasteiger partial charge in [0, 0.05) is 52.7 Å². The van der Waals surface area contributed by atoms with Crippen molar-refractivity contribution in [2.24, 2.45) is 0 Å². The van der Waals surface area contributed by atoms with E-state index >= 15 is 0 Å². The third-order valence-electron chi connectivity index (χ3n) is 5.86. The predicted molar refractivity (Wildman–Crippen MR) is 151 cm³/mol. The minimum absolute atomic E-state index is 0.240. The highest BCUT2D eigenvalue weighted by molar-refractivity contribution is 6.44. The van der Waals surface area contributed by atoms with E-state index in [4.69, 9.17) is 27.2 Å². The van der Waals surface area contributed by atoms with Gasteiger partial charge in [-0.2, -0.15) is 0 Å². The van der Waals surface area contributed by atoms with Crippen LogP contribution in [0.25, 0.3) is 0 Å². The zero-order valence-electron chi connectivity index (χ0n) is 24.2. The van der Waals surface area contributed by atoms with Crippen LogP contribution < -0.4 is 0 Å². The lowest BCUT2D eigenvalue weighted by atomic mass is 10.2. The number of rotatable bonds is 27. The molecule has 2 atom stereocenters. The maximum atomic E-state index is 6.09. The van der Waals surface area contributed by atoms with E-state index in [1.807, 2.05) is 27.7 Å². The first-order chi connectivity index (χ1) is 17.0. The Hall–Kier alpha value is 0.154. The van der Waals surface area contributed by atoms with E-state index in [-0.39, 0.29) is 12.2 Å². The predicted octanol–water partition coefficient (Wildman–Crippen LogP) is 5.05. The third kappa shape index (κ3) is 21.9. The molecule has 0 saturated carbocycles. The van der Waals surface area contributed by atoms with Gasteiger partial charge < -0.3 is 27.2 Å². The van der Waals surface area contributed by atoms with Gasteiger partial charge in [0.15, 0.2) is 0 Å². The van der Waals surface area contributed by atoms with E-state index in [9.17, 15) is 0 Å². The summed E-state index contributed by atoms with van der Waals surface area (Å²) >= 11 is 0. The van der Waals surface area contributed by atoms with Crippen LogP contribution in [0.15, 0.2) is 0 Å². The maximum Gasteiger partial charge on any atom is 0.321 e. The van der Waals surface area contributed by atoms with E-state index in [2.05, 4.69) is 25.7 Å². The average Bonchev–Trinajstić information content (AvgIpc) is 2.83. The Morgan fingerprint density at radius 2 is 0.914 bits per heavy atom. The van der Waals surface area contributed by atoms with Crippen molar-refractivity contribution in [3.05, 3.63) is 0 Å². The van der Waals surface area contributed by atoms with Crippen LogP contribution in [0.1, 0.15) is 87.0 Å². The lowest BCUT2D eigenvalue weighted by Crippen LogP contribution is -2.38.